The van der Waals surface area contributed by atoms with Gasteiger partial charge in [0.15, 0.2) is 0 Å². The summed E-state index contributed by atoms with van der Waals surface area (Å²) < 4.78 is 10.7. The first kappa shape index (κ1) is 24.8. The maximum atomic E-state index is 13.9. The van der Waals surface area contributed by atoms with Crippen LogP contribution in [0.4, 0.5) is 0 Å². The molecule has 1 fully saturated rings. The molecule has 1 aliphatic rings. The molecule has 7 heteroatoms. The van der Waals surface area contributed by atoms with Crippen molar-refractivity contribution in [3.8, 4) is 11.5 Å². The van der Waals surface area contributed by atoms with Gasteiger partial charge in [-0.1, -0.05) is 49.6 Å². The van der Waals surface area contributed by atoms with E-state index in [0.29, 0.717) is 10.6 Å². The number of methoxy groups -OCH3 is 2. The number of ether oxygens (including phenoxy) is 2. The number of nitrogens with one attached hydrogen (secondary N) is 1. The third kappa shape index (κ3) is 6.22. The van der Waals surface area contributed by atoms with Gasteiger partial charge in [0.05, 0.1) is 19.1 Å². The molecule has 0 spiro atoms. The van der Waals surface area contributed by atoms with Crippen LogP contribution in [0.15, 0.2) is 66.0 Å². The molecule has 2 amide bonds. The SMILES string of the molecule is COc1ccc(CN(C(=O)c2cccs2)[C@H](C(=O)NC2CCCCC2)c2cccc(OC)c2)cc1. The Bertz CT molecular complexity index is 1110. The highest BCUT2D eigenvalue weighted by Gasteiger charge is 2.34. The fourth-order valence-electron chi connectivity index (χ4n) is 4.56. The normalized spacial score (nSPS) is 14.7. The number of thiophene rings is 1. The Hall–Kier alpha value is -3.32. The third-order valence-electron chi connectivity index (χ3n) is 6.43. The molecule has 2 aromatic carbocycles. The molecule has 35 heavy (non-hydrogen) atoms. The van der Waals surface area contributed by atoms with Crippen molar-refractivity contribution in [2.45, 2.75) is 50.7 Å². The summed E-state index contributed by atoms with van der Waals surface area (Å²) in [7, 11) is 3.22. The maximum absolute atomic E-state index is 13.9. The minimum absolute atomic E-state index is 0.129. The van der Waals surface area contributed by atoms with Crippen LogP contribution in [0.2, 0.25) is 0 Å². The lowest BCUT2D eigenvalue weighted by atomic mass is 9.94. The second kappa shape index (κ2) is 11.9. The summed E-state index contributed by atoms with van der Waals surface area (Å²) in [5.41, 5.74) is 1.63. The molecule has 0 unspecified atom stereocenters. The number of hydrogen-bond donors (Lipinski definition) is 1. The molecule has 1 saturated carbocycles. The highest BCUT2D eigenvalue weighted by atomic mass is 32.1. The maximum Gasteiger partial charge on any atom is 0.265 e. The molecule has 0 bridgehead atoms. The second-order valence-corrected chi connectivity index (χ2v) is 9.73. The van der Waals surface area contributed by atoms with Crippen molar-refractivity contribution in [3.63, 3.8) is 0 Å². The molecule has 6 nitrogen and oxygen atoms in total. The smallest absolute Gasteiger partial charge is 0.265 e. The van der Waals surface area contributed by atoms with E-state index < -0.39 is 6.04 Å². The Balaban J connectivity index is 1.73. The van der Waals surface area contributed by atoms with Crippen molar-refractivity contribution in [2.75, 3.05) is 14.2 Å². The Kier molecular flexibility index (Phi) is 8.42. The van der Waals surface area contributed by atoms with E-state index in [-0.39, 0.29) is 24.4 Å². The zero-order valence-corrected chi connectivity index (χ0v) is 21.1. The van der Waals surface area contributed by atoms with Crippen LogP contribution in [0.25, 0.3) is 0 Å². The van der Waals surface area contributed by atoms with Gasteiger partial charge < -0.3 is 19.7 Å². The molecule has 184 valence electrons. The van der Waals surface area contributed by atoms with E-state index >= 15 is 0 Å². The minimum atomic E-state index is -0.802. The van der Waals surface area contributed by atoms with Crippen molar-refractivity contribution < 1.29 is 19.1 Å². The Morgan fingerprint density at radius 3 is 2.37 bits per heavy atom. The van der Waals surface area contributed by atoms with Gasteiger partial charge in [-0.2, -0.15) is 0 Å². The summed E-state index contributed by atoms with van der Waals surface area (Å²) in [5, 5.41) is 5.13. The summed E-state index contributed by atoms with van der Waals surface area (Å²) in [6.45, 7) is 0.278. The van der Waals surface area contributed by atoms with Crippen LogP contribution in [-0.4, -0.2) is 37.0 Å². The average molecular weight is 493 g/mol. The zero-order valence-electron chi connectivity index (χ0n) is 20.2. The lowest BCUT2D eigenvalue weighted by Gasteiger charge is -2.33. The van der Waals surface area contributed by atoms with Gasteiger partial charge in [-0.25, -0.2) is 0 Å². The van der Waals surface area contributed by atoms with Crippen LogP contribution in [0, 0.1) is 0 Å². The van der Waals surface area contributed by atoms with Gasteiger partial charge in [-0.05, 0) is 59.7 Å². The van der Waals surface area contributed by atoms with Crippen LogP contribution in [0.3, 0.4) is 0 Å². The van der Waals surface area contributed by atoms with Gasteiger partial charge in [0.1, 0.15) is 17.5 Å². The van der Waals surface area contributed by atoms with Gasteiger partial charge in [0, 0.05) is 12.6 Å². The van der Waals surface area contributed by atoms with E-state index in [0.717, 1.165) is 42.6 Å². The monoisotopic (exact) mass is 492 g/mol. The van der Waals surface area contributed by atoms with Crippen molar-refractivity contribution in [1.29, 1.82) is 0 Å². The second-order valence-electron chi connectivity index (χ2n) is 8.78. The van der Waals surface area contributed by atoms with E-state index in [1.807, 2.05) is 60.0 Å². The summed E-state index contributed by atoms with van der Waals surface area (Å²) in [6, 6.07) is 18.0. The van der Waals surface area contributed by atoms with Crippen molar-refractivity contribution >= 4 is 23.2 Å². The van der Waals surface area contributed by atoms with Crippen molar-refractivity contribution in [1.82, 2.24) is 10.2 Å². The fourth-order valence-corrected chi connectivity index (χ4v) is 5.24. The summed E-state index contributed by atoms with van der Waals surface area (Å²) in [4.78, 5) is 29.9. The number of benzene rings is 2. The summed E-state index contributed by atoms with van der Waals surface area (Å²) >= 11 is 1.38. The lowest BCUT2D eigenvalue weighted by molar-refractivity contribution is -0.127. The molecule has 1 N–H and O–H groups in total. The van der Waals surface area contributed by atoms with Crippen molar-refractivity contribution in [3.05, 3.63) is 82.0 Å². The number of rotatable bonds is 9. The summed E-state index contributed by atoms with van der Waals surface area (Å²) in [6.07, 6.45) is 5.35. The van der Waals surface area contributed by atoms with E-state index in [4.69, 9.17) is 9.47 Å². The first-order chi connectivity index (χ1) is 17.1. The highest BCUT2D eigenvalue weighted by Crippen LogP contribution is 2.30. The summed E-state index contributed by atoms with van der Waals surface area (Å²) in [5.74, 6) is 1.04. The van der Waals surface area contributed by atoms with Gasteiger partial charge in [-0.15, -0.1) is 11.3 Å². The van der Waals surface area contributed by atoms with Gasteiger partial charge in [-0.3, -0.25) is 9.59 Å². The predicted molar refractivity (Wildman–Crippen MR) is 138 cm³/mol. The molecule has 0 radical (unpaired) electrons. The predicted octanol–water partition coefficient (Wildman–Crippen LogP) is 5.60. The molecule has 1 aromatic heterocycles. The standard InChI is InChI=1S/C28H32N2O4S/c1-33-23-15-13-20(14-16-23)19-30(28(32)25-12-7-17-35-25)26(21-8-6-11-24(18-21)34-2)27(31)29-22-9-4-3-5-10-22/h6-8,11-18,22,26H,3-5,9-10,19H2,1-2H3,(H,29,31)/t26-/m0/s1. The molecular formula is C28H32N2O4S. The molecule has 1 atom stereocenters. The number of carbonyl (C=O) groups is 2. The number of amides is 2. The first-order valence-corrected chi connectivity index (χ1v) is 12.9. The van der Waals surface area contributed by atoms with E-state index in [2.05, 4.69) is 5.32 Å². The Labute approximate surface area is 210 Å². The van der Waals surface area contributed by atoms with E-state index in [1.165, 1.54) is 17.8 Å². The molecular weight excluding hydrogens is 460 g/mol. The van der Waals surface area contributed by atoms with Crippen LogP contribution in [-0.2, 0) is 11.3 Å². The Morgan fingerprint density at radius 2 is 1.71 bits per heavy atom. The van der Waals surface area contributed by atoms with Crippen LogP contribution >= 0.6 is 11.3 Å². The van der Waals surface area contributed by atoms with Crippen molar-refractivity contribution in [2.24, 2.45) is 0 Å². The number of hydrogen-bond acceptors (Lipinski definition) is 5. The molecule has 0 saturated heterocycles. The molecule has 4 rings (SSSR count). The van der Waals surface area contributed by atoms with Gasteiger partial charge >= 0.3 is 0 Å². The van der Waals surface area contributed by atoms with Gasteiger partial charge in [0.25, 0.3) is 5.91 Å². The molecule has 1 aliphatic carbocycles. The van der Waals surface area contributed by atoms with Crippen LogP contribution in [0.5, 0.6) is 11.5 Å². The Morgan fingerprint density at radius 1 is 0.971 bits per heavy atom. The van der Waals surface area contributed by atoms with E-state index in [9.17, 15) is 9.59 Å². The topological polar surface area (TPSA) is 67.9 Å². The van der Waals surface area contributed by atoms with Crippen LogP contribution in [0.1, 0.15) is 58.9 Å². The number of nitrogens with zero attached hydrogens (tertiary/aromatic N) is 1. The molecule has 1 heterocycles. The van der Waals surface area contributed by atoms with E-state index in [1.54, 1.807) is 25.2 Å². The third-order valence-corrected chi connectivity index (χ3v) is 7.28. The molecule has 0 aliphatic heterocycles. The largest absolute Gasteiger partial charge is 0.497 e. The average Bonchev–Trinajstić information content (AvgIpc) is 3.44. The van der Waals surface area contributed by atoms with Gasteiger partial charge in [0.2, 0.25) is 5.91 Å². The minimum Gasteiger partial charge on any atom is -0.497 e. The molecule has 3 aromatic rings. The lowest BCUT2D eigenvalue weighted by Crippen LogP contribution is -2.46. The van der Waals surface area contributed by atoms with Crippen LogP contribution < -0.4 is 14.8 Å². The fraction of sp³-hybridized carbons (Fsp3) is 0.357. The highest BCUT2D eigenvalue weighted by molar-refractivity contribution is 7.12. The zero-order chi connectivity index (χ0) is 24.6. The number of carbonyl (C=O) groups excluding carboxylic acids is 2. The first-order valence-electron chi connectivity index (χ1n) is 12.0. The quantitative estimate of drug-likeness (QED) is 0.422.